The molecule has 0 bridgehead atoms. The van der Waals surface area contributed by atoms with Gasteiger partial charge < -0.3 is 14.8 Å². The largest absolute Gasteiger partial charge is 0.496 e. The zero-order chi connectivity index (χ0) is 15.0. The van der Waals surface area contributed by atoms with Gasteiger partial charge in [0.25, 0.3) is 0 Å². The minimum atomic E-state index is -0.285. The number of hydrogen-bond acceptors (Lipinski definition) is 4. The molecule has 0 saturated carbocycles. The number of rotatable bonds is 8. The monoisotopic (exact) mass is 280 g/mol. The maximum Gasteiger partial charge on any atom is 0.236 e. The molecule has 0 aliphatic carbocycles. The average molecular weight is 280 g/mol. The molecule has 1 amide bonds. The molecule has 1 rings (SSSR count). The minimum absolute atomic E-state index is 0.0225. The Hall–Kier alpha value is -1.59. The molecule has 0 aliphatic rings. The van der Waals surface area contributed by atoms with Gasteiger partial charge in [0.15, 0.2) is 0 Å². The van der Waals surface area contributed by atoms with E-state index in [9.17, 15) is 4.79 Å². The van der Waals surface area contributed by atoms with Crippen LogP contribution in [-0.4, -0.2) is 39.3 Å². The van der Waals surface area contributed by atoms with E-state index in [1.807, 2.05) is 38.1 Å². The van der Waals surface area contributed by atoms with Gasteiger partial charge in [-0.15, -0.1) is 0 Å². The Morgan fingerprint density at radius 2 is 1.95 bits per heavy atom. The van der Waals surface area contributed by atoms with Crippen molar-refractivity contribution in [3.05, 3.63) is 29.8 Å². The van der Waals surface area contributed by atoms with E-state index in [1.54, 1.807) is 14.2 Å². The molecule has 1 aromatic rings. The van der Waals surface area contributed by atoms with Gasteiger partial charge in [0.2, 0.25) is 5.91 Å². The Morgan fingerprint density at radius 1 is 1.25 bits per heavy atom. The summed E-state index contributed by atoms with van der Waals surface area (Å²) in [4.78, 5) is 11.9. The van der Waals surface area contributed by atoms with Crippen molar-refractivity contribution in [2.24, 2.45) is 0 Å². The molecule has 0 heterocycles. The first-order valence-corrected chi connectivity index (χ1v) is 6.75. The maximum atomic E-state index is 11.9. The lowest BCUT2D eigenvalue weighted by Gasteiger charge is -2.21. The van der Waals surface area contributed by atoms with E-state index in [0.717, 1.165) is 11.3 Å². The number of nitrogens with one attached hydrogen (secondary N) is 2. The third kappa shape index (κ3) is 4.83. The Labute approximate surface area is 120 Å². The molecule has 0 aromatic heterocycles. The van der Waals surface area contributed by atoms with Crippen LogP contribution in [0.4, 0.5) is 0 Å². The predicted molar refractivity (Wildman–Crippen MR) is 78.9 cm³/mol. The third-order valence-corrected chi connectivity index (χ3v) is 3.10. The van der Waals surface area contributed by atoms with Gasteiger partial charge in [0, 0.05) is 25.3 Å². The van der Waals surface area contributed by atoms with E-state index >= 15 is 0 Å². The minimum Gasteiger partial charge on any atom is -0.496 e. The lowest BCUT2D eigenvalue weighted by molar-refractivity contribution is -0.123. The Morgan fingerprint density at radius 3 is 2.60 bits per heavy atom. The van der Waals surface area contributed by atoms with Crippen molar-refractivity contribution in [2.75, 3.05) is 27.4 Å². The van der Waals surface area contributed by atoms with E-state index in [4.69, 9.17) is 9.47 Å². The summed E-state index contributed by atoms with van der Waals surface area (Å²) in [5.74, 6) is 0.781. The fourth-order valence-electron chi connectivity index (χ4n) is 1.99. The van der Waals surface area contributed by atoms with Crippen LogP contribution < -0.4 is 15.4 Å². The van der Waals surface area contributed by atoms with Gasteiger partial charge in [0.1, 0.15) is 5.75 Å². The molecule has 112 valence electrons. The SMILES string of the molecule is COCCNC(=O)C(C)N[C@H](C)c1ccccc1OC. The van der Waals surface area contributed by atoms with Gasteiger partial charge >= 0.3 is 0 Å². The van der Waals surface area contributed by atoms with Crippen LogP contribution in [0.15, 0.2) is 24.3 Å². The fraction of sp³-hybridized carbons (Fsp3) is 0.533. The first-order chi connectivity index (χ1) is 9.60. The van der Waals surface area contributed by atoms with Gasteiger partial charge in [-0.2, -0.15) is 0 Å². The van der Waals surface area contributed by atoms with Crippen LogP contribution in [0.5, 0.6) is 5.75 Å². The second-order valence-corrected chi connectivity index (χ2v) is 4.64. The van der Waals surface area contributed by atoms with E-state index in [0.29, 0.717) is 13.2 Å². The van der Waals surface area contributed by atoms with Crippen molar-refractivity contribution in [2.45, 2.75) is 25.9 Å². The van der Waals surface area contributed by atoms with Gasteiger partial charge in [-0.25, -0.2) is 0 Å². The van der Waals surface area contributed by atoms with Crippen molar-refractivity contribution >= 4 is 5.91 Å². The Balaban J connectivity index is 2.56. The molecular formula is C15H24N2O3. The number of carbonyl (C=O) groups is 1. The lowest BCUT2D eigenvalue weighted by atomic mass is 10.1. The van der Waals surface area contributed by atoms with Crippen molar-refractivity contribution in [3.8, 4) is 5.75 Å². The average Bonchev–Trinajstić information content (AvgIpc) is 2.47. The molecule has 1 aromatic carbocycles. The molecule has 0 radical (unpaired) electrons. The quantitative estimate of drug-likeness (QED) is 0.708. The van der Waals surface area contributed by atoms with Gasteiger partial charge in [-0.1, -0.05) is 18.2 Å². The number of benzene rings is 1. The Kier molecular flexibility index (Phi) is 7.04. The molecule has 20 heavy (non-hydrogen) atoms. The zero-order valence-electron chi connectivity index (χ0n) is 12.6. The molecular weight excluding hydrogens is 256 g/mol. The molecule has 0 fully saturated rings. The summed E-state index contributed by atoms with van der Waals surface area (Å²) in [6, 6.07) is 7.53. The molecule has 2 N–H and O–H groups in total. The zero-order valence-corrected chi connectivity index (χ0v) is 12.6. The van der Waals surface area contributed by atoms with Crippen LogP contribution in [0.3, 0.4) is 0 Å². The van der Waals surface area contributed by atoms with Crippen molar-refractivity contribution in [1.82, 2.24) is 10.6 Å². The summed E-state index contributed by atoms with van der Waals surface area (Å²) in [7, 11) is 3.25. The number of amides is 1. The Bertz CT molecular complexity index is 423. The van der Waals surface area contributed by atoms with Crippen LogP contribution >= 0.6 is 0 Å². The van der Waals surface area contributed by atoms with E-state index in [2.05, 4.69) is 10.6 Å². The molecule has 0 spiro atoms. The standard InChI is InChI=1S/C15H24N2O3/c1-11(13-7-5-6-8-14(13)20-4)17-12(2)15(18)16-9-10-19-3/h5-8,11-12,17H,9-10H2,1-4H3,(H,16,18)/t11-,12?/m1/s1. The second-order valence-electron chi connectivity index (χ2n) is 4.64. The third-order valence-electron chi connectivity index (χ3n) is 3.10. The first kappa shape index (κ1) is 16.5. The highest BCUT2D eigenvalue weighted by atomic mass is 16.5. The molecule has 1 unspecified atom stereocenters. The summed E-state index contributed by atoms with van der Waals surface area (Å²) >= 11 is 0. The number of hydrogen-bond donors (Lipinski definition) is 2. The van der Waals surface area contributed by atoms with E-state index < -0.39 is 0 Å². The van der Waals surface area contributed by atoms with Crippen LogP contribution in [0.25, 0.3) is 0 Å². The summed E-state index contributed by atoms with van der Waals surface area (Å²) in [5, 5.41) is 6.08. The van der Waals surface area contributed by atoms with E-state index in [-0.39, 0.29) is 18.0 Å². The van der Waals surface area contributed by atoms with Crippen LogP contribution in [0, 0.1) is 0 Å². The highest BCUT2D eigenvalue weighted by Gasteiger charge is 2.17. The summed E-state index contributed by atoms with van der Waals surface area (Å²) in [6.45, 7) is 4.88. The fourth-order valence-corrected chi connectivity index (χ4v) is 1.99. The number of ether oxygens (including phenoxy) is 2. The number of para-hydroxylation sites is 1. The van der Waals surface area contributed by atoms with Gasteiger partial charge in [-0.05, 0) is 19.9 Å². The van der Waals surface area contributed by atoms with Crippen LogP contribution in [0.1, 0.15) is 25.5 Å². The van der Waals surface area contributed by atoms with Crippen molar-refractivity contribution in [1.29, 1.82) is 0 Å². The normalized spacial score (nSPS) is 13.6. The van der Waals surface area contributed by atoms with Gasteiger partial charge in [-0.3, -0.25) is 10.1 Å². The lowest BCUT2D eigenvalue weighted by Crippen LogP contribution is -2.44. The summed E-state index contributed by atoms with van der Waals surface area (Å²) in [6.07, 6.45) is 0. The summed E-state index contributed by atoms with van der Waals surface area (Å²) < 4.78 is 10.2. The molecule has 0 saturated heterocycles. The highest BCUT2D eigenvalue weighted by Crippen LogP contribution is 2.24. The molecule has 0 aliphatic heterocycles. The predicted octanol–water partition coefficient (Wildman–Crippen LogP) is 1.50. The van der Waals surface area contributed by atoms with Crippen molar-refractivity contribution in [3.63, 3.8) is 0 Å². The summed E-state index contributed by atoms with van der Waals surface area (Å²) in [5.41, 5.74) is 1.03. The van der Waals surface area contributed by atoms with Crippen molar-refractivity contribution < 1.29 is 14.3 Å². The van der Waals surface area contributed by atoms with Crippen LogP contribution in [-0.2, 0) is 9.53 Å². The highest BCUT2D eigenvalue weighted by molar-refractivity contribution is 5.81. The number of carbonyl (C=O) groups excluding carboxylic acids is 1. The van der Waals surface area contributed by atoms with Gasteiger partial charge in [0.05, 0.1) is 19.8 Å². The topological polar surface area (TPSA) is 59.6 Å². The molecule has 5 heteroatoms. The first-order valence-electron chi connectivity index (χ1n) is 6.75. The second kappa shape index (κ2) is 8.55. The van der Waals surface area contributed by atoms with Crippen LogP contribution in [0.2, 0.25) is 0 Å². The molecule has 5 nitrogen and oxygen atoms in total. The smallest absolute Gasteiger partial charge is 0.236 e. The number of methoxy groups -OCH3 is 2. The molecule has 2 atom stereocenters. The maximum absolute atomic E-state index is 11.9. The van der Waals surface area contributed by atoms with E-state index in [1.165, 1.54) is 0 Å².